The molecule has 8 rings (SSSR count). The van der Waals surface area contributed by atoms with Crippen molar-refractivity contribution in [2.45, 2.75) is 0 Å². The van der Waals surface area contributed by atoms with E-state index in [1.807, 2.05) is 103 Å². The van der Waals surface area contributed by atoms with E-state index in [9.17, 15) is 21.0 Å². The van der Waals surface area contributed by atoms with Gasteiger partial charge in [-0.25, -0.2) is 0 Å². The van der Waals surface area contributed by atoms with Gasteiger partial charge in [-0.2, -0.15) is 21.0 Å². The molecule has 0 spiro atoms. The SMILES string of the molecule is N#Cc1cccc(-c2cc(-n3c4ccccc4c4cc(C#N)ccc43)c(C#N)cc2-n2c3ccccc3c3cc(C#N)ccc32)c1. The van der Waals surface area contributed by atoms with Crippen molar-refractivity contribution in [2.75, 3.05) is 0 Å². The van der Waals surface area contributed by atoms with Crippen LogP contribution in [0.5, 0.6) is 0 Å². The summed E-state index contributed by atoms with van der Waals surface area (Å²) in [4.78, 5) is 0. The maximum atomic E-state index is 10.7. The first-order chi connectivity index (χ1) is 22.6. The quantitative estimate of drug-likeness (QED) is 0.207. The monoisotopic (exact) mass is 584 g/mol. The minimum absolute atomic E-state index is 0.460. The number of benzene rings is 6. The predicted molar refractivity (Wildman–Crippen MR) is 179 cm³/mol. The van der Waals surface area contributed by atoms with E-state index in [1.54, 1.807) is 18.2 Å². The zero-order chi connectivity index (χ0) is 31.4. The highest BCUT2D eigenvalue weighted by molar-refractivity contribution is 6.11. The van der Waals surface area contributed by atoms with Crippen LogP contribution in [0.15, 0.2) is 121 Å². The van der Waals surface area contributed by atoms with E-state index in [2.05, 4.69) is 33.4 Å². The maximum absolute atomic E-state index is 10.7. The summed E-state index contributed by atoms with van der Waals surface area (Å²) in [6.07, 6.45) is 0. The molecule has 2 heterocycles. The Labute approximate surface area is 263 Å². The molecular weight excluding hydrogens is 564 g/mol. The van der Waals surface area contributed by atoms with Crippen molar-refractivity contribution in [3.63, 3.8) is 0 Å². The summed E-state index contributed by atoms with van der Waals surface area (Å²) in [5, 5.41) is 43.7. The smallest absolute Gasteiger partial charge is 0.101 e. The van der Waals surface area contributed by atoms with Crippen molar-refractivity contribution in [3.05, 3.63) is 144 Å². The molecule has 6 heteroatoms. The third-order valence-corrected chi connectivity index (χ3v) is 8.62. The molecule has 0 aliphatic carbocycles. The van der Waals surface area contributed by atoms with Gasteiger partial charge >= 0.3 is 0 Å². The van der Waals surface area contributed by atoms with Crippen molar-refractivity contribution in [1.29, 1.82) is 21.0 Å². The fraction of sp³-hybridized carbons (Fsp3) is 0. The molecule has 0 bridgehead atoms. The van der Waals surface area contributed by atoms with Crippen molar-refractivity contribution < 1.29 is 0 Å². The van der Waals surface area contributed by atoms with Gasteiger partial charge in [0.25, 0.3) is 0 Å². The molecule has 0 N–H and O–H groups in total. The average molecular weight is 585 g/mol. The molecule has 0 fully saturated rings. The second kappa shape index (κ2) is 10.3. The van der Waals surface area contributed by atoms with Crippen molar-refractivity contribution >= 4 is 43.6 Å². The summed E-state index contributed by atoms with van der Waals surface area (Å²) in [6.45, 7) is 0. The van der Waals surface area contributed by atoms with E-state index in [0.29, 0.717) is 27.9 Å². The highest BCUT2D eigenvalue weighted by atomic mass is 15.0. The first-order valence-electron chi connectivity index (χ1n) is 14.6. The Hall–Kier alpha value is -7.12. The number of nitrogens with zero attached hydrogens (tertiary/aromatic N) is 6. The average Bonchev–Trinajstić information content (AvgIpc) is 3.63. The molecule has 0 saturated carbocycles. The molecule has 2 aromatic heterocycles. The lowest BCUT2D eigenvalue weighted by Gasteiger charge is -2.19. The van der Waals surface area contributed by atoms with Crippen molar-refractivity contribution in [2.24, 2.45) is 0 Å². The Bertz CT molecular complexity index is 2750. The first kappa shape index (κ1) is 26.5. The first-order valence-corrected chi connectivity index (χ1v) is 14.6. The number of fused-ring (bicyclic) bond motifs is 6. The molecule has 0 amide bonds. The topological polar surface area (TPSA) is 105 Å². The van der Waals surface area contributed by atoms with Crippen LogP contribution in [0.4, 0.5) is 0 Å². The van der Waals surface area contributed by atoms with E-state index >= 15 is 0 Å². The van der Waals surface area contributed by atoms with Gasteiger partial charge in [0.1, 0.15) is 6.07 Å². The molecule has 0 radical (unpaired) electrons. The van der Waals surface area contributed by atoms with Gasteiger partial charge < -0.3 is 9.13 Å². The maximum Gasteiger partial charge on any atom is 0.101 e. The molecule has 0 unspecified atom stereocenters. The second-order valence-electron chi connectivity index (χ2n) is 11.1. The normalized spacial score (nSPS) is 11.0. The molecule has 6 nitrogen and oxygen atoms in total. The lowest BCUT2D eigenvalue weighted by molar-refractivity contribution is 1.13. The van der Waals surface area contributed by atoms with E-state index in [0.717, 1.165) is 60.4 Å². The molecule has 6 aromatic carbocycles. The lowest BCUT2D eigenvalue weighted by Crippen LogP contribution is -2.04. The van der Waals surface area contributed by atoms with Gasteiger partial charge in [-0.1, -0.05) is 48.5 Å². The van der Waals surface area contributed by atoms with Crippen LogP contribution in [0.25, 0.3) is 66.1 Å². The molecule has 0 aliphatic rings. The zero-order valence-electron chi connectivity index (χ0n) is 24.2. The van der Waals surface area contributed by atoms with Gasteiger partial charge in [0.15, 0.2) is 0 Å². The molecule has 210 valence electrons. The number of aromatic nitrogens is 2. The Morgan fingerprint density at radius 3 is 1.48 bits per heavy atom. The summed E-state index contributed by atoms with van der Waals surface area (Å²) < 4.78 is 4.22. The number of hydrogen-bond donors (Lipinski definition) is 0. The van der Waals surface area contributed by atoms with E-state index in [-0.39, 0.29) is 0 Å². The number of hydrogen-bond acceptors (Lipinski definition) is 4. The predicted octanol–water partition coefficient (Wildman–Crippen LogP) is 9.03. The van der Waals surface area contributed by atoms with Gasteiger partial charge in [0.2, 0.25) is 0 Å². The molecule has 8 aromatic rings. The zero-order valence-corrected chi connectivity index (χ0v) is 24.2. The highest BCUT2D eigenvalue weighted by Gasteiger charge is 2.22. The Morgan fingerprint density at radius 1 is 0.391 bits per heavy atom. The number of para-hydroxylation sites is 2. The number of nitriles is 4. The van der Waals surface area contributed by atoms with E-state index in [1.165, 1.54) is 0 Å². The van der Waals surface area contributed by atoms with Gasteiger partial charge in [-0.05, 0) is 78.4 Å². The van der Waals surface area contributed by atoms with Crippen molar-refractivity contribution in [1.82, 2.24) is 9.13 Å². The van der Waals surface area contributed by atoms with Crippen LogP contribution in [-0.2, 0) is 0 Å². The van der Waals surface area contributed by atoms with Gasteiger partial charge in [-0.3, -0.25) is 0 Å². The van der Waals surface area contributed by atoms with E-state index < -0.39 is 0 Å². The highest BCUT2D eigenvalue weighted by Crippen LogP contribution is 2.41. The van der Waals surface area contributed by atoms with Crippen LogP contribution in [0.3, 0.4) is 0 Å². The van der Waals surface area contributed by atoms with Crippen molar-refractivity contribution in [3.8, 4) is 46.8 Å². The molecule has 0 atom stereocenters. The minimum Gasteiger partial charge on any atom is -0.309 e. The fourth-order valence-electron chi connectivity index (χ4n) is 6.63. The molecule has 0 saturated heterocycles. The van der Waals surface area contributed by atoms with Crippen LogP contribution in [0.1, 0.15) is 22.3 Å². The Balaban J connectivity index is 1.53. The van der Waals surface area contributed by atoms with Gasteiger partial charge in [-0.15, -0.1) is 0 Å². The fourth-order valence-corrected chi connectivity index (χ4v) is 6.63. The van der Waals surface area contributed by atoms with Crippen LogP contribution in [0, 0.1) is 45.3 Å². The lowest BCUT2D eigenvalue weighted by atomic mass is 9.98. The van der Waals surface area contributed by atoms with Gasteiger partial charge in [0, 0.05) is 27.1 Å². The largest absolute Gasteiger partial charge is 0.309 e. The van der Waals surface area contributed by atoms with Crippen LogP contribution in [0.2, 0.25) is 0 Å². The van der Waals surface area contributed by atoms with Crippen LogP contribution >= 0.6 is 0 Å². The summed E-state index contributed by atoms with van der Waals surface area (Å²) in [6, 6.07) is 47.9. The van der Waals surface area contributed by atoms with E-state index in [4.69, 9.17) is 0 Å². The Kier molecular flexibility index (Phi) is 5.91. The third kappa shape index (κ3) is 3.86. The minimum atomic E-state index is 0.460. The van der Waals surface area contributed by atoms with Crippen LogP contribution < -0.4 is 0 Å². The molecular formula is C40H20N6. The standard InChI is InChI=1S/C40H20N6/c41-21-25-6-5-7-28(16-25)32-20-39(45-35-10-3-1-8-30(35)33-17-26(22-42)12-14-37(33)45)29(24-44)19-40(32)46-36-11-4-2-9-31(36)34-18-27(23-43)13-15-38(34)46/h1-20H. The Morgan fingerprint density at radius 2 is 0.913 bits per heavy atom. The number of rotatable bonds is 3. The summed E-state index contributed by atoms with van der Waals surface area (Å²) in [5.74, 6) is 0. The summed E-state index contributed by atoms with van der Waals surface area (Å²) in [7, 11) is 0. The summed E-state index contributed by atoms with van der Waals surface area (Å²) in [5.41, 5.74) is 8.85. The summed E-state index contributed by atoms with van der Waals surface area (Å²) >= 11 is 0. The van der Waals surface area contributed by atoms with Gasteiger partial charge in [0.05, 0.1) is 73.9 Å². The van der Waals surface area contributed by atoms with Crippen LogP contribution in [-0.4, -0.2) is 9.13 Å². The third-order valence-electron chi connectivity index (χ3n) is 8.62. The second-order valence-corrected chi connectivity index (χ2v) is 11.1. The molecule has 0 aliphatic heterocycles. The molecule has 46 heavy (non-hydrogen) atoms.